The lowest BCUT2D eigenvalue weighted by atomic mass is 10.2. The van der Waals surface area contributed by atoms with Crippen LogP contribution in [0.15, 0.2) is 12.3 Å². The summed E-state index contributed by atoms with van der Waals surface area (Å²) in [5.41, 5.74) is 1.04. The normalized spacial score (nSPS) is 22.3. The number of pyridine rings is 1. The molecular formula is C11H15Cl2N3. The molecule has 1 aromatic heterocycles. The lowest BCUT2D eigenvalue weighted by Crippen LogP contribution is -2.49. The highest BCUT2D eigenvalue weighted by atomic mass is 35.5. The second-order valence-corrected chi connectivity index (χ2v) is 4.92. The number of piperazine rings is 1. The van der Waals surface area contributed by atoms with Crippen LogP contribution in [0.1, 0.15) is 12.5 Å². The zero-order chi connectivity index (χ0) is 11.5. The van der Waals surface area contributed by atoms with Crippen molar-refractivity contribution < 1.29 is 0 Å². The van der Waals surface area contributed by atoms with E-state index in [9.17, 15) is 0 Å². The van der Waals surface area contributed by atoms with E-state index in [1.165, 1.54) is 0 Å². The molecule has 88 valence electrons. The Hall–Kier alpha value is -0.350. The fraction of sp³-hybridized carbons (Fsp3) is 0.545. The average Bonchev–Trinajstić information content (AvgIpc) is 2.25. The maximum Gasteiger partial charge on any atom is 0.130 e. The van der Waals surface area contributed by atoms with Crippen molar-refractivity contribution >= 4 is 23.2 Å². The van der Waals surface area contributed by atoms with Gasteiger partial charge in [-0.25, -0.2) is 4.98 Å². The van der Waals surface area contributed by atoms with Crippen LogP contribution in [0.25, 0.3) is 0 Å². The SMILES string of the molecule is C[C@H]1CNCCN1Cc1cnc(Cl)cc1Cl. The van der Waals surface area contributed by atoms with Crippen LogP contribution in [0.4, 0.5) is 0 Å². The van der Waals surface area contributed by atoms with Gasteiger partial charge in [-0.15, -0.1) is 0 Å². The fourth-order valence-electron chi connectivity index (χ4n) is 1.89. The van der Waals surface area contributed by atoms with Crippen LogP contribution in [0, 0.1) is 0 Å². The van der Waals surface area contributed by atoms with E-state index >= 15 is 0 Å². The molecule has 1 aliphatic heterocycles. The van der Waals surface area contributed by atoms with Gasteiger partial charge in [0, 0.05) is 49.0 Å². The Morgan fingerprint density at radius 2 is 2.38 bits per heavy atom. The van der Waals surface area contributed by atoms with Crippen LogP contribution in [-0.2, 0) is 6.54 Å². The molecule has 0 radical (unpaired) electrons. The molecule has 1 aliphatic rings. The van der Waals surface area contributed by atoms with Crippen molar-refractivity contribution in [3.05, 3.63) is 28.0 Å². The first kappa shape index (κ1) is 12.1. The summed E-state index contributed by atoms with van der Waals surface area (Å²) < 4.78 is 0. The molecule has 3 nitrogen and oxygen atoms in total. The summed E-state index contributed by atoms with van der Waals surface area (Å²) in [6.07, 6.45) is 1.76. The van der Waals surface area contributed by atoms with Crippen LogP contribution in [0.3, 0.4) is 0 Å². The lowest BCUT2D eigenvalue weighted by Gasteiger charge is -2.33. The molecule has 0 saturated carbocycles. The molecule has 2 rings (SSSR count). The Labute approximate surface area is 106 Å². The van der Waals surface area contributed by atoms with Gasteiger partial charge in [0.15, 0.2) is 0 Å². The third kappa shape index (κ3) is 2.86. The van der Waals surface area contributed by atoms with Crippen molar-refractivity contribution in [1.82, 2.24) is 15.2 Å². The molecule has 1 atom stereocenters. The summed E-state index contributed by atoms with van der Waals surface area (Å²) >= 11 is 11.9. The maximum atomic E-state index is 6.13. The quantitative estimate of drug-likeness (QED) is 0.826. The number of nitrogens with one attached hydrogen (secondary N) is 1. The van der Waals surface area contributed by atoms with Crippen molar-refractivity contribution in [2.45, 2.75) is 19.5 Å². The molecule has 0 aromatic carbocycles. The molecule has 0 spiro atoms. The first-order chi connectivity index (χ1) is 7.66. The van der Waals surface area contributed by atoms with Crippen molar-refractivity contribution in [2.24, 2.45) is 0 Å². The molecule has 1 fully saturated rings. The predicted molar refractivity (Wildman–Crippen MR) is 67.0 cm³/mol. The molecule has 0 bridgehead atoms. The number of hydrogen-bond donors (Lipinski definition) is 1. The molecule has 2 heterocycles. The Morgan fingerprint density at radius 1 is 1.56 bits per heavy atom. The zero-order valence-corrected chi connectivity index (χ0v) is 10.7. The third-order valence-electron chi connectivity index (χ3n) is 2.91. The van der Waals surface area contributed by atoms with Gasteiger partial charge in [-0.2, -0.15) is 0 Å². The average molecular weight is 260 g/mol. The van der Waals surface area contributed by atoms with Crippen LogP contribution in [0.2, 0.25) is 10.2 Å². The first-order valence-corrected chi connectivity index (χ1v) is 6.17. The summed E-state index contributed by atoms with van der Waals surface area (Å²) in [4.78, 5) is 6.47. The van der Waals surface area contributed by atoms with Crippen molar-refractivity contribution in [2.75, 3.05) is 19.6 Å². The molecule has 0 amide bonds. The van der Waals surface area contributed by atoms with E-state index in [-0.39, 0.29) is 0 Å². The molecule has 0 unspecified atom stereocenters. The van der Waals surface area contributed by atoms with Gasteiger partial charge in [0.1, 0.15) is 5.15 Å². The standard InChI is InChI=1S/C11H15Cl2N3/c1-8-5-14-2-3-16(8)7-9-6-15-11(13)4-10(9)12/h4,6,8,14H,2-3,5,7H2,1H3/t8-/m0/s1. The summed E-state index contributed by atoms with van der Waals surface area (Å²) in [7, 11) is 0. The van der Waals surface area contributed by atoms with Crippen molar-refractivity contribution in [3.8, 4) is 0 Å². The topological polar surface area (TPSA) is 28.2 Å². The minimum Gasteiger partial charge on any atom is -0.314 e. The molecular weight excluding hydrogens is 245 g/mol. The van der Waals surface area contributed by atoms with Gasteiger partial charge in [-0.3, -0.25) is 4.90 Å². The van der Waals surface area contributed by atoms with Crippen LogP contribution < -0.4 is 5.32 Å². The van der Waals surface area contributed by atoms with Crippen molar-refractivity contribution in [3.63, 3.8) is 0 Å². The van der Waals surface area contributed by atoms with Crippen LogP contribution in [0.5, 0.6) is 0 Å². The Morgan fingerprint density at radius 3 is 3.06 bits per heavy atom. The summed E-state index contributed by atoms with van der Waals surface area (Å²) in [6.45, 7) is 6.15. The minimum absolute atomic E-state index is 0.446. The van der Waals surface area contributed by atoms with Crippen LogP contribution in [-0.4, -0.2) is 35.6 Å². The highest BCUT2D eigenvalue weighted by Crippen LogP contribution is 2.21. The van der Waals surface area contributed by atoms with E-state index in [2.05, 4.69) is 22.1 Å². The Kier molecular flexibility index (Phi) is 4.03. The van der Waals surface area contributed by atoms with Gasteiger partial charge in [0.2, 0.25) is 0 Å². The molecule has 0 aliphatic carbocycles. The molecule has 1 N–H and O–H groups in total. The summed E-state index contributed by atoms with van der Waals surface area (Å²) in [5, 5.41) is 4.51. The number of rotatable bonds is 2. The van der Waals surface area contributed by atoms with E-state index in [4.69, 9.17) is 23.2 Å². The summed E-state index contributed by atoms with van der Waals surface area (Å²) in [5.74, 6) is 0. The van der Waals surface area contributed by atoms with E-state index in [0.29, 0.717) is 16.2 Å². The number of aromatic nitrogens is 1. The largest absolute Gasteiger partial charge is 0.314 e. The van der Waals surface area contributed by atoms with Gasteiger partial charge in [-0.1, -0.05) is 23.2 Å². The minimum atomic E-state index is 0.446. The van der Waals surface area contributed by atoms with Gasteiger partial charge in [-0.05, 0) is 13.0 Å². The highest BCUT2D eigenvalue weighted by Gasteiger charge is 2.18. The second kappa shape index (κ2) is 5.32. The molecule has 1 aromatic rings. The highest BCUT2D eigenvalue weighted by molar-refractivity contribution is 6.34. The zero-order valence-electron chi connectivity index (χ0n) is 9.21. The Balaban J connectivity index is 2.07. The molecule has 5 heteroatoms. The number of nitrogens with zero attached hydrogens (tertiary/aromatic N) is 2. The van der Waals surface area contributed by atoms with Crippen molar-refractivity contribution in [1.29, 1.82) is 0 Å². The maximum absolute atomic E-state index is 6.13. The molecule has 16 heavy (non-hydrogen) atoms. The lowest BCUT2D eigenvalue weighted by molar-refractivity contribution is 0.165. The monoisotopic (exact) mass is 259 g/mol. The third-order valence-corrected chi connectivity index (χ3v) is 3.47. The van der Waals surface area contributed by atoms with E-state index in [1.54, 1.807) is 12.3 Å². The fourth-order valence-corrected chi connectivity index (χ4v) is 2.31. The van der Waals surface area contributed by atoms with E-state index < -0.39 is 0 Å². The first-order valence-electron chi connectivity index (χ1n) is 5.41. The van der Waals surface area contributed by atoms with Gasteiger partial charge < -0.3 is 5.32 Å². The Bertz CT molecular complexity index is 370. The predicted octanol–water partition coefficient (Wildman–Crippen LogP) is 2.18. The van der Waals surface area contributed by atoms with Gasteiger partial charge >= 0.3 is 0 Å². The summed E-state index contributed by atoms with van der Waals surface area (Å²) in [6, 6.07) is 2.23. The van der Waals surface area contributed by atoms with Gasteiger partial charge in [0.05, 0.1) is 0 Å². The number of halogens is 2. The number of hydrogen-bond acceptors (Lipinski definition) is 3. The molecule has 1 saturated heterocycles. The van der Waals surface area contributed by atoms with E-state index in [0.717, 1.165) is 31.7 Å². The van der Waals surface area contributed by atoms with Gasteiger partial charge in [0.25, 0.3) is 0 Å². The second-order valence-electron chi connectivity index (χ2n) is 4.12. The van der Waals surface area contributed by atoms with E-state index in [1.807, 2.05) is 0 Å². The van der Waals surface area contributed by atoms with Crippen LogP contribution >= 0.6 is 23.2 Å². The smallest absolute Gasteiger partial charge is 0.130 e.